The number of anilines is 2. The maximum absolute atomic E-state index is 14.0. The third-order valence-electron chi connectivity index (χ3n) is 9.63. The van der Waals surface area contributed by atoms with Gasteiger partial charge in [-0.25, -0.2) is 0 Å². The number of ether oxygens (including phenoxy) is 1. The molecule has 2 atom stereocenters. The third-order valence-corrected chi connectivity index (χ3v) is 9.63. The Hall–Kier alpha value is -4.14. The van der Waals surface area contributed by atoms with Gasteiger partial charge in [0.05, 0.1) is 42.5 Å². The number of rotatable bonds is 3. The van der Waals surface area contributed by atoms with Crippen molar-refractivity contribution in [1.82, 2.24) is 0 Å². The fourth-order valence-corrected chi connectivity index (χ4v) is 8.05. The van der Waals surface area contributed by atoms with Crippen molar-refractivity contribution in [1.29, 1.82) is 0 Å². The molecule has 8 heteroatoms. The molecule has 0 amide bonds. The summed E-state index contributed by atoms with van der Waals surface area (Å²) in [5.41, 5.74) is 4.53. The Morgan fingerprint density at radius 3 is 2.12 bits per heavy atom. The molecule has 0 bridgehead atoms. The van der Waals surface area contributed by atoms with Crippen LogP contribution in [0.3, 0.4) is 0 Å². The van der Waals surface area contributed by atoms with E-state index in [4.69, 9.17) is 4.74 Å². The first kappa shape index (κ1) is 24.6. The molecule has 8 nitrogen and oxygen atoms in total. The Kier molecular flexibility index (Phi) is 5.07. The number of allylic oxidation sites excluding steroid dienone is 1. The normalized spacial score (nSPS) is 19.8. The third kappa shape index (κ3) is 3.01. The van der Waals surface area contributed by atoms with Crippen molar-refractivity contribution in [3.05, 3.63) is 60.4 Å². The molecule has 3 aliphatic rings. The van der Waals surface area contributed by atoms with Crippen LogP contribution in [0.2, 0.25) is 0 Å². The number of hydrogen-bond donors (Lipinski definition) is 5. The second kappa shape index (κ2) is 8.44. The molecule has 0 spiro atoms. The predicted molar refractivity (Wildman–Crippen MR) is 162 cm³/mol. The van der Waals surface area contributed by atoms with Crippen molar-refractivity contribution in [2.75, 3.05) is 17.7 Å². The molecule has 2 aliphatic carbocycles. The molecule has 2 unspecified atom stereocenters. The quantitative estimate of drug-likeness (QED) is 0.162. The van der Waals surface area contributed by atoms with Gasteiger partial charge < -0.3 is 30.7 Å². The summed E-state index contributed by atoms with van der Waals surface area (Å²) in [6.45, 7) is 1.23. The van der Waals surface area contributed by atoms with E-state index in [9.17, 15) is 24.9 Å². The lowest BCUT2D eigenvalue weighted by Crippen LogP contribution is -2.45. The number of aliphatic hydroxyl groups is 2. The van der Waals surface area contributed by atoms with Gasteiger partial charge in [-0.2, -0.15) is 0 Å². The van der Waals surface area contributed by atoms with Crippen LogP contribution in [0.25, 0.3) is 49.2 Å². The summed E-state index contributed by atoms with van der Waals surface area (Å²) in [6, 6.07) is 3.32. The summed E-state index contributed by atoms with van der Waals surface area (Å²) < 4.78 is 5.71. The second-order valence-corrected chi connectivity index (χ2v) is 11.9. The summed E-state index contributed by atoms with van der Waals surface area (Å²) in [4.78, 5) is 27.9. The predicted octanol–water partition coefficient (Wildman–Crippen LogP) is 4.70. The first-order chi connectivity index (χ1) is 19.9. The molecule has 8 rings (SSSR count). The van der Waals surface area contributed by atoms with Gasteiger partial charge in [0.1, 0.15) is 5.75 Å². The zero-order valence-electron chi connectivity index (χ0n) is 22.9. The molecule has 0 saturated heterocycles. The van der Waals surface area contributed by atoms with E-state index in [2.05, 4.69) is 10.6 Å². The summed E-state index contributed by atoms with van der Waals surface area (Å²) in [6.07, 6.45) is 6.85. The Bertz CT molecular complexity index is 2120. The second-order valence-electron chi connectivity index (χ2n) is 11.9. The van der Waals surface area contributed by atoms with Gasteiger partial charge in [-0.3, -0.25) is 9.59 Å². The maximum atomic E-state index is 14.0. The number of benzene rings is 5. The van der Waals surface area contributed by atoms with Crippen LogP contribution in [-0.4, -0.2) is 34.5 Å². The minimum absolute atomic E-state index is 0.108. The van der Waals surface area contributed by atoms with Crippen molar-refractivity contribution in [3.63, 3.8) is 0 Å². The fraction of sp³-hybridized carbons (Fsp3) is 0.333. The number of phenolic OH excluding ortho intramolecular Hbond substituents is 1. The molecule has 1 fully saturated rings. The lowest BCUT2D eigenvalue weighted by Gasteiger charge is -2.41. The van der Waals surface area contributed by atoms with Gasteiger partial charge in [0, 0.05) is 33.8 Å². The van der Waals surface area contributed by atoms with Crippen LogP contribution >= 0.6 is 0 Å². The number of methoxy groups -OCH3 is 1. The summed E-state index contributed by atoms with van der Waals surface area (Å²) >= 11 is 0. The van der Waals surface area contributed by atoms with Gasteiger partial charge in [-0.05, 0) is 71.2 Å². The Morgan fingerprint density at radius 2 is 1.46 bits per heavy atom. The number of hydrogen-bond acceptors (Lipinski definition) is 8. The van der Waals surface area contributed by atoms with Crippen LogP contribution in [-0.2, 0) is 19.6 Å². The Morgan fingerprint density at radius 1 is 0.829 bits per heavy atom. The highest BCUT2D eigenvalue weighted by atomic mass is 16.5. The number of aliphatic hydroxyl groups excluding tert-OH is 2. The minimum atomic E-state index is -0.439. The molecule has 1 heterocycles. The lowest BCUT2D eigenvalue weighted by atomic mass is 9.80. The minimum Gasteiger partial charge on any atom is -0.507 e. The molecule has 5 aromatic rings. The molecule has 1 saturated carbocycles. The Balaban J connectivity index is 1.76. The van der Waals surface area contributed by atoms with Crippen molar-refractivity contribution >= 4 is 60.5 Å². The summed E-state index contributed by atoms with van der Waals surface area (Å²) in [5, 5.41) is 44.5. The monoisotopic (exact) mass is 550 g/mol. The van der Waals surface area contributed by atoms with Crippen molar-refractivity contribution in [2.24, 2.45) is 0 Å². The Labute approximate surface area is 234 Å². The van der Waals surface area contributed by atoms with Gasteiger partial charge in [-0.15, -0.1) is 0 Å². The van der Waals surface area contributed by atoms with Crippen LogP contribution in [0.4, 0.5) is 11.4 Å². The smallest absolute Gasteiger partial charge is 0.232 e. The zero-order valence-corrected chi connectivity index (χ0v) is 22.9. The van der Waals surface area contributed by atoms with E-state index >= 15 is 0 Å². The first-order valence-corrected chi connectivity index (χ1v) is 14.3. The van der Waals surface area contributed by atoms with Gasteiger partial charge in [0.15, 0.2) is 11.2 Å². The molecule has 41 heavy (non-hydrogen) atoms. The van der Waals surface area contributed by atoms with E-state index in [0.717, 1.165) is 53.6 Å². The van der Waals surface area contributed by atoms with E-state index in [0.29, 0.717) is 55.4 Å². The van der Waals surface area contributed by atoms with Crippen molar-refractivity contribution in [2.45, 2.75) is 64.3 Å². The number of aromatic hydroxyl groups is 1. The molecule has 5 aromatic carbocycles. The number of nitrogens with one attached hydrogen (secondary N) is 2. The van der Waals surface area contributed by atoms with Crippen molar-refractivity contribution < 1.29 is 20.1 Å². The SMILES string of the molecule is COc1c2c3c4c(c5c(c6c(=O)cc(CO)c(c7c(CO)cc(O)c(c1=O)c73)c64)NC1CCCCC1N5)CC(C)=C2. The molecular formula is C33H30N2O6. The highest BCUT2D eigenvalue weighted by molar-refractivity contribution is 6.39. The molecular weight excluding hydrogens is 520 g/mol. The zero-order chi connectivity index (χ0) is 28.3. The summed E-state index contributed by atoms with van der Waals surface area (Å²) in [5.74, 6) is -0.106. The topological polar surface area (TPSA) is 128 Å². The van der Waals surface area contributed by atoms with Crippen molar-refractivity contribution in [3.8, 4) is 11.5 Å². The first-order valence-electron chi connectivity index (χ1n) is 14.3. The van der Waals surface area contributed by atoms with Crippen LogP contribution in [0, 0.1) is 0 Å². The standard InChI is InChI=1S/C33H30N2O6/c1-13-7-16-24-25-17(8-13)33(41-2)32(40)27-21(39)10-15(12-37)23(29(25)27)22-14(11-36)9-20(38)26(28(22)24)31-30(16)34-18-5-3-4-6-19(18)35-31/h8-10,18-19,34-37,39H,3-7,11-12H2,1-2H3. The number of phenols is 1. The largest absolute Gasteiger partial charge is 0.507 e. The van der Waals surface area contributed by atoms with Crippen LogP contribution in [0.5, 0.6) is 11.5 Å². The van der Waals surface area contributed by atoms with E-state index < -0.39 is 18.6 Å². The average molecular weight is 551 g/mol. The molecule has 0 aromatic heterocycles. The van der Waals surface area contributed by atoms with E-state index in [1.807, 2.05) is 13.0 Å². The van der Waals surface area contributed by atoms with Gasteiger partial charge in [0.25, 0.3) is 0 Å². The van der Waals surface area contributed by atoms with E-state index in [1.54, 1.807) is 0 Å². The van der Waals surface area contributed by atoms with E-state index in [1.165, 1.54) is 19.2 Å². The summed E-state index contributed by atoms with van der Waals surface area (Å²) in [7, 11) is 1.45. The highest BCUT2D eigenvalue weighted by Crippen LogP contribution is 2.54. The molecule has 1 aliphatic heterocycles. The fourth-order valence-electron chi connectivity index (χ4n) is 8.05. The van der Waals surface area contributed by atoms with E-state index in [-0.39, 0.29) is 34.4 Å². The van der Waals surface area contributed by atoms with Crippen LogP contribution in [0.15, 0.2) is 27.3 Å². The molecule has 0 radical (unpaired) electrons. The van der Waals surface area contributed by atoms with Gasteiger partial charge in [-0.1, -0.05) is 24.5 Å². The maximum Gasteiger partial charge on any atom is 0.232 e. The lowest BCUT2D eigenvalue weighted by molar-refractivity contribution is 0.282. The molecule has 5 N–H and O–H groups in total. The van der Waals surface area contributed by atoms with Crippen LogP contribution < -0.4 is 26.2 Å². The van der Waals surface area contributed by atoms with Crippen LogP contribution in [0.1, 0.15) is 54.9 Å². The highest BCUT2D eigenvalue weighted by Gasteiger charge is 2.37. The average Bonchev–Trinajstić information content (AvgIpc) is 3.12. The molecule has 208 valence electrons. The van der Waals surface area contributed by atoms with Gasteiger partial charge in [0.2, 0.25) is 5.43 Å². The number of fused-ring (bicyclic) bond motifs is 5. The van der Waals surface area contributed by atoms with Gasteiger partial charge >= 0.3 is 0 Å².